The number of nitrogens with two attached hydrogens (primary N) is 1. The Hall–Kier alpha value is -1.88. The molecule has 1 aliphatic carbocycles. The molecular weight excluding hydrogens is 388 g/mol. The van der Waals surface area contributed by atoms with Crippen molar-refractivity contribution in [3.05, 3.63) is 35.9 Å². The summed E-state index contributed by atoms with van der Waals surface area (Å²) < 4.78 is 5.86. The molecule has 1 heterocycles. The topological polar surface area (TPSA) is 72.6 Å². The fourth-order valence-electron chi connectivity index (χ4n) is 5.48. The van der Waals surface area contributed by atoms with Crippen LogP contribution in [-0.2, 0) is 14.3 Å². The van der Waals surface area contributed by atoms with Crippen LogP contribution in [0, 0.1) is 17.3 Å². The van der Waals surface area contributed by atoms with Crippen LogP contribution in [0.25, 0.3) is 0 Å². The van der Waals surface area contributed by atoms with Gasteiger partial charge in [-0.25, -0.2) is 4.79 Å². The third-order valence-corrected chi connectivity index (χ3v) is 6.72. The fraction of sp³-hybridized carbons (Fsp3) is 0.692. The maximum absolute atomic E-state index is 13.9. The van der Waals surface area contributed by atoms with Crippen LogP contribution in [0.4, 0.5) is 0 Å². The molecule has 0 bridgehead atoms. The molecule has 0 radical (unpaired) electrons. The van der Waals surface area contributed by atoms with Crippen LogP contribution in [0.5, 0.6) is 0 Å². The summed E-state index contributed by atoms with van der Waals surface area (Å²) in [5.74, 6) is -0.534. The first kappa shape index (κ1) is 23.8. The summed E-state index contributed by atoms with van der Waals surface area (Å²) in [5, 5.41) is 0. The molecule has 1 saturated carbocycles. The Morgan fingerprint density at radius 2 is 1.55 bits per heavy atom. The van der Waals surface area contributed by atoms with Gasteiger partial charge >= 0.3 is 5.97 Å². The van der Waals surface area contributed by atoms with Crippen molar-refractivity contribution in [1.29, 1.82) is 0 Å². The van der Waals surface area contributed by atoms with Crippen LogP contribution in [-0.4, -0.2) is 34.5 Å². The minimum Gasteiger partial charge on any atom is -0.458 e. The van der Waals surface area contributed by atoms with Crippen molar-refractivity contribution in [3.8, 4) is 0 Å². The standard InChI is InChI=1S/C26H40N2O3/c1-25(2,3)19-20(27)21(17-13-9-7-10-14-17)28(22(19)24(30)31-26(4,5)6)23(29)18-15-11-8-12-16-18/h7,9-10,13-14,18-22H,8,11-12,15-16,27H2,1-6H3. The minimum absolute atomic E-state index is 0.0455. The van der Waals surface area contributed by atoms with Crippen molar-refractivity contribution in [1.82, 2.24) is 4.90 Å². The third kappa shape index (κ3) is 5.14. The summed E-state index contributed by atoms with van der Waals surface area (Å²) in [5.41, 5.74) is 6.98. The van der Waals surface area contributed by atoms with Gasteiger partial charge in [-0.3, -0.25) is 4.79 Å². The second-order valence-electron chi connectivity index (χ2n) is 11.4. The van der Waals surface area contributed by atoms with Crippen LogP contribution in [0.1, 0.15) is 85.3 Å². The number of nitrogens with zero attached hydrogens (tertiary/aromatic N) is 1. The van der Waals surface area contributed by atoms with Crippen LogP contribution in [0.3, 0.4) is 0 Å². The van der Waals surface area contributed by atoms with E-state index in [-0.39, 0.29) is 41.2 Å². The Bertz CT molecular complexity index is 772. The molecule has 3 rings (SSSR count). The molecule has 1 amide bonds. The van der Waals surface area contributed by atoms with E-state index in [9.17, 15) is 9.59 Å². The van der Waals surface area contributed by atoms with Crippen molar-refractivity contribution >= 4 is 11.9 Å². The largest absolute Gasteiger partial charge is 0.458 e. The molecular formula is C26H40N2O3. The Morgan fingerprint density at radius 3 is 2.06 bits per heavy atom. The zero-order chi connectivity index (χ0) is 23.0. The number of amides is 1. The van der Waals surface area contributed by atoms with E-state index in [0.29, 0.717) is 0 Å². The number of hydrogen-bond acceptors (Lipinski definition) is 4. The number of ether oxygens (including phenoxy) is 1. The molecule has 4 unspecified atom stereocenters. The van der Waals surface area contributed by atoms with E-state index in [1.54, 1.807) is 0 Å². The van der Waals surface area contributed by atoms with E-state index in [1.807, 2.05) is 56.0 Å². The molecule has 0 spiro atoms. The molecule has 172 valence electrons. The smallest absolute Gasteiger partial charge is 0.329 e. The van der Waals surface area contributed by atoms with Crippen molar-refractivity contribution in [2.24, 2.45) is 23.0 Å². The number of hydrogen-bond donors (Lipinski definition) is 1. The molecule has 1 saturated heterocycles. The molecule has 2 aliphatic rings. The molecule has 5 heteroatoms. The molecule has 1 aliphatic heterocycles. The van der Waals surface area contributed by atoms with Crippen molar-refractivity contribution < 1.29 is 14.3 Å². The van der Waals surface area contributed by atoms with Gasteiger partial charge in [-0.15, -0.1) is 0 Å². The molecule has 2 N–H and O–H groups in total. The van der Waals surface area contributed by atoms with E-state index in [2.05, 4.69) is 20.8 Å². The van der Waals surface area contributed by atoms with Gasteiger partial charge in [-0.2, -0.15) is 0 Å². The highest BCUT2D eigenvalue weighted by atomic mass is 16.6. The van der Waals surface area contributed by atoms with Gasteiger partial charge < -0.3 is 15.4 Å². The Balaban J connectivity index is 2.10. The van der Waals surface area contributed by atoms with Gasteiger partial charge in [0.05, 0.1) is 6.04 Å². The minimum atomic E-state index is -0.686. The van der Waals surface area contributed by atoms with Gasteiger partial charge in [0.1, 0.15) is 11.6 Å². The molecule has 1 aromatic carbocycles. The van der Waals surface area contributed by atoms with Crippen LogP contribution < -0.4 is 5.73 Å². The van der Waals surface area contributed by atoms with Gasteiger partial charge in [0.15, 0.2) is 0 Å². The summed E-state index contributed by atoms with van der Waals surface area (Å²) in [6, 6.07) is 8.56. The molecule has 2 fully saturated rings. The van der Waals surface area contributed by atoms with E-state index in [1.165, 1.54) is 6.42 Å². The Kier molecular flexibility index (Phi) is 6.85. The number of carbonyl (C=O) groups is 2. The molecule has 4 atom stereocenters. The molecule has 31 heavy (non-hydrogen) atoms. The molecule has 0 aromatic heterocycles. The summed E-state index contributed by atoms with van der Waals surface area (Å²) in [4.78, 5) is 29.3. The highest BCUT2D eigenvalue weighted by molar-refractivity contribution is 5.88. The zero-order valence-corrected chi connectivity index (χ0v) is 20.1. The number of esters is 1. The van der Waals surface area contributed by atoms with E-state index in [4.69, 9.17) is 10.5 Å². The van der Waals surface area contributed by atoms with Crippen LogP contribution in [0.15, 0.2) is 30.3 Å². The monoisotopic (exact) mass is 428 g/mol. The lowest BCUT2D eigenvalue weighted by atomic mass is 9.73. The Labute approximate surface area is 187 Å². The molecule has 5 nitrogen and oxygen atoms in total. The van der Waals surface area contributed by atoms with Gasteiger partial charge in [0.25, 0.3) is 0 Å². The SMILES string of the molecule is CC(C)(C)OC(=O)C1C(C(C)(C)C)C(N)C(c2ccccc2)N1C(=O)C1CCCCC1. The number of rotatable bonds is 3. The van der Waals surface area contributed by atoms with E-state index >= 15 is 0 Å². The summed E-state index contributed by atoms with van der Waals surface area (Å²) in [7, 11) is 0. The number of benzene rings is 1. The van der Waals surface area contributed by atoms with Gasteiger partial charge in [-0.05, 0) is 44.6 Å². The van der Waals surface area contributed by atoms with Gasteiger partial charge in [0, 0.05) is 17.9 Å². The van der Waals surface area contributed by atoms with Crippen molar-refractivity contribution in [2.75, 3.05) is 0 Å². The first-order valence-electron chi connectivity index (χ1n) is 11.8. The summed E-state index contributed by atoms with van der Waals surface area (Å²) in [6.07, 6.45) is 5.06. The lowest BCUT2D eigenvalue weighted by molar-refractivity contribution is -0.168. The average Bonchev–Trinajstić information content (AvgIpc) is 3.01. The van der Waals surface area contributed by atoms with Crippen molar-refractivity contribution in [3.63, 3.8) is 0 Å². The van der Waals surface area contributed by atoms with E-state index < -0.39 is 11.6 Å². The van der Waals surface area contributed by atoms with Crippen LogP contribution >= 0.6 is 0 Å². The number of likely N-dealkylation sites (tertiary alicyclic amines) is 1. The molecule has 1 aromatic rings. The summed E-state index contributed by atoms with van der Waals surface area (Å²) in [6.45, 7) is 11.9. The summed E-state index contributed by atoms with van der Waals surface area (Å²) >= 11 is 0. The highest BCUT2D eigenvalue weighted by Gasteiger charge is 2.58. The number of carbonyl (C=O) groups excluding carboxylic acids is 2. The normalized spacial score (nSPS) is 27.9. The predicted octanol–water partition coefficient (Wildman–Crippen LogP) is 4.85. The zero-order valence-electron chi connectivity index (χ0n) is 20.1. The van der Waals surface area contributed by atoms with Gasteiger partial charge in [-0.1, -0.05) is 70.4 Å². The average molecular weight is 429 g/mol. The highest BCUT2D eigenvalue weighted by Crippen LogP contribution is 2.48. The van der Waals surface area contributed by atoms with Gasteiger partial charge in [0.2, 0.25) is 5.91 Å². The quantitative estimate of drug-likeness (QED) is 0.699. The third-order valence-electron chi connectivity index (χ3n) is 6.72. The van der Waals surface area contributed by atoms with E-state index in [0.717, 1.165) is 31.2 Å². The van der Waals surface area contributed by atoms with Crippen molar-refractivity contribution in [2.45, 2.75) is 97.4 Å². The maximum Gasteiger partial charge on any atom is 0.329 e. The lowest BCUT2D eigenvalue weighted by Gasteiger charge is -2.38. The fourth-order valence-corrected chi connectivity index (χ4v) is 5.48. The second-order valence-corrected chi connectivity index (χ2v) is 11.4. The first-order chi connectivity index (χ1) is 14.4. The van der Waals surface area contributed by atoms with Crippen LogP contribution in [0.2, 0.25) is 0 Å². The predicted molar refractivity (Wildman–Crippen MR) is 123 cm³/mol. The first-order valence-corrected chi connectivity index (χ1v) is 11.8. The second kappa shape index (κ2) is 8.93. The maximum atomic E-state index is 13.9. The Morgan fingerprint density at radius 1 is 0.968 bits per heavy atom. The lowest BCUT2D eigenvalue weighted by Crippen LogP contribution is -2.51.